The van der Waals surface area contributed by atoms with E-state index in [1.807, 2.05) is 12.1 Å². The molecule has 0 saturated carbocycles. The van der Waals surface area contributed by atoms with Crippen LogP contribution < -0.4 is 5.32 Å². The molecule has 1 amide bonds. The van der Waals surface area contributed by atoms with Crippen molar-refractivity contribution in [3.8, 4) is 0 Å². The summed E-state index contributed by atoms with van der Waals surface area (Å²) in [4.78, 5) is 12.2. The fourth-order valence-corrected chi connectivity index (χ4v) is 3.21. The summed E-state index contributed by atoms with van der Waals surface area (Å²) in [5.41, 5.74) is -0.988. The van der Waals surface area contributed by atoms with E-state index in [0.717, 1.165) is 30.0 Å². The van der Waals surface area contributed by atoms with E-state index in [0.29, 0.717) is 11.0 Å². The van der Waals surface area contributed by atoms with Crippen LogP contribution in [-0.4, -0.2) is 31.2 Å². The molecule has 142 valence electrons. The Hall–Kier alpha value is -2.46. The van der Waals surface area contributed by atoms with Crippen molar-refractivity contribution >= 4 is 35.0 Å². The molecule has 0 fully saturated rings. The molecule has 11 heteroatoms. The monoisotopic (exact) mass is 415 g/mol. The molecular weight excluding hydrogens is 403 g/mol. The van der Waals surface area contributed by atoms with E-state index < -0.39 is 17.6 Å². The summed E-state index contributed by atoms with van der Waals surface area (Å²) in [6.45, 7) is 1.76. The highest BCUT2D eigenvalue weighted by Crippen LogP contribution is 2.34. The van der Waals surface area contributed by atoms with Crippen LogP contribution in [0.25, 0.3) is 0 Å². The summed E-state index contributed by atoms with van der Waals surface area (Å²) in [6, 6.07) is 6.41. The molecule has 0 atom stereocenters. The van der Waals surface area contributed by atoms with Gasteiger partial charge < -0.3 is 5.32 Å². The van der Waals surface area contributed by atoms with E-state index in [9.17, 15) is 18.0 Å². The van der Waals surface area contributed by atoms with Crippen molar-refractivity contribution in [1.29, 1.82) is 0 Å². The maximum atomic E-state index is 12.8. The zero-order valence-corrected chi connectivity index (χ0v) is 15.4. The Morgan fingerprint density at radius 2 is 1.96 bits per heavy atom. The smallest absolute Gasteiger partial charge is 0.324 e. The van der Waals surface area contributed by atoms with Gasteiger partial charge in [-0.05, 0) is 37.3 Å². The Morgan fingerprint density at radius 1 is 1.26 bits per heavy atom. The van der Waals surface area contributed by atoms with Crippen LogP contribution >= 0.6 is 23.4 Å². The highest BCUT2D eigenvalue weighted by Gasteiger charge is 2.31. The van der Waals surface area contributed by atoms with Gasteiger partial charge in [0.1, 0.15) is 0 Å². The van der Waals surface area contributed by atoms with Crippen molar-refractivity contribution in [1.82, 2.24) is 19.5 Å². The number of nitrogens with one attached hydrogen (secondary N) is 1. The summed E-state index contributed by atoms with van der Waals surface area (Å²) in [5.74, 6) is 0.0300. The Kier molecular flexibility index (Phi) is 5.47. The summed E-state index contributed by atoms with van der Waals surface area (Å²) in [5, 5.41) is 10.9. The lowest BCUT2D eigenvalue weighted by molar-refractivity contribution is -0.137. The van der Waals surface area contributed by atoms with Gasteiger partial charge in [-0.15, -0.1) is 10.2 Å². The van der Waals surface area contributed by atoms with E-state index in [-0.39, 0.29) is 16.5 Å². The lowest BCUT2D eigenvalue weighted by atomic mass is 10.2. The second kappa shape index (κ2) is 7.65. The van der Waals surface area contributed by atoms with Crippen molar-refractivity contribution in [2.75, 3.05) is 11.1 Å². The molecule has 0 unspecified atom stereocenters. The van der Waals surface area contributed by atoms with Crippen LogP contribution in [0.4, 0.5) is 18.9 Å². The molecule has 0 aliphatic carbocycles. The second-order valence-electron chi connectivity index (χ2n) is 5.43. The number of anilines is 1. The number of aromatic nitrogens is 4. The third kappa shape index (κ3) is 4.45. The summed E-state index contributed by atoms with van der Waals surface area (Å²) in [6.07, 6.45) is -0.935. The third-order valence-corrected chi connectivity index (χ3v) is 4.74. The highest BCUT2D eigenvalue weighted by atomic mass is 35.5. The standard InChI is InChI=1S/C16H13ClF3N5OS/c1-10-22-23-15(25(10)24-6-2-3-7-24)27-9-14(26)21-13-8-11(16(18,19)20)4-5-12(13)17/h2-8H,9H2,1H3,(H,21,26). The molecule has 0 radical (unpaired) electrons. The van der Waals surface area contributed by atoms with Crippen LogP contribution in [0, 0.1) is 6.92 Å². The first kappa shape index (κ1) is 19.3. The summed E-state index contributed by atoms with van der Waals surface area (Å²) in [7, 11) is 0. The van der Waals surface area contributed by atoms with Gasteiger partial charge in [0.05, 0.1) is 22.0 Å². The van der Waals surface area contributed by atoms with Crippen LogP contribution in [-0.2, 0) is 11.0 Å². The molecule has 2 heterocycles. The number of thioether (sulfide) groups is 1. The second-order valence-corrected chi connectivity index (χ2v) is 6.78. The predicted octanol–water partition coefficient (Wildman–Crippen LogP) is 4.10. The minimum atomic E-state index is -4.52. The van der Waals surface area contributed by atoms with Gasteiger partial charge in [-0.25, -0.2) is 4.68 Å². The molecule has 3 aromatic rings. The molecule has 2 aromatic heterocycles. The van der Waals surface area contributed by atoms with Gasteiger partial charge in [0.15, 0.2) is 5.82 Å². The first-order chi connectivity index (χ1) is 12.8. The summed E-state index contributed by atoms with van der Waals surface area (Å²) < 4.78 is 41.9. The number of amides is 1. The van der Waals surface area contributed by atoms with Gasteiger partial charge >= 0.3 is 6.18 Å². The Labute approximate surface area is 161 Å². The van der Waals surface area contributed by atoms with E-state index in [2.05, 4.69) is 15.5 Å². The number of hydrogen-bond acceptors (Lipinski definition) is 4. The number of benzene rings is 1. The zero-order valence-electron chi connectivity index (χ0n) is 13.9. The average Bonchev–Trinajstić information content (AvgIpc) is 3.23. The third-order valence-electron chi connectivity index (χ3n) is 3.49. The van der Waals surface area contributed by atoms with E-state index >= 15 is 0 Å². The molecule has 0 aliphatic heterocycles. The average molecular weight is 416 g/mol. The molecule has 0 aliphatic rings. The number of carbonyl (C=O) groups excluding carboxylic acids is 1. The molecule has 3 rings (SSSR count). The van der Waals surface area contributed by atoms with E-state index in [4.69, 9.17) is 11.6 Å². The lowest BCUT2D eigenvalue weighted by Gasteiger charge is -2.12. The predicted molar refractivity (Wildman–Crippen MR) is 95.8 cm³/mol. The van der Waals surface area contributed by atoms with Crippen LogP contribution in [0.1, 0.15) is 11.4 Å². The lowest BCUT2D eigenvalue weighted by Crippen LogP contribution is -2.17. The maximum absolute atomic E-state index is 12.8. The number of alkyl halides is 3. The largest absolute Gasteiger partial charge is 0.416 e. The SMILES string of the molecule is Cc1nnc(SCC(=O)Nc2cc(C(F)(F)F)ccc2Cl)n1-n1cccc1. The number of rotatable bonds is 5. The maximum Gasteiger partial charge on any atom is 0.416 e. The number of halogens is 4. The molecule has 1 aromatic carbocycles. The zero-order chi connectivity index (χ0) is 19.6. The van der Waals surface area contributed by atoms with E-state index in [1.165, 1.54) is 0 Å². The molecule has 1 N–H and O–H groups in total. The molecule has 6 nitrogen and oxygen atoms in total. The van der Waals surface area contributed by atoms with Crippen LogP contribution in [0.3, 0.4) is 0 Å². The first-order valence-electron chi connectivity index (χ1n) is 7.61. The van der Waals surface area contributed by atoms with Gasteiger partial charge in [0, 0.05) is 12.4 Å². The fraction of sp³-hybridized carbons (Fsp3) is 0.188. The molecular formula is C16H13ClF3N5OS. The van der Waals surface area contributed by atoms with Crippen molar-refractivity contribution in [2.45, 2.75) is 18.3 Å². The number of nitrogens with zero attached hydrogens (tertiary/aromatic N) is 4. The molecule has 27 heavy (non-hydrogen) atoms. The van der Waals surface area contributed by atoms with Gasteiger partial charge in [0.25, 0.3) is 0 Å². The van der Waals surface area contributed by atoms with Gasteiger partial charge in [0.2, 0.25) is 11.1 Å². The molecule has 0 saturated heterocycles. The fourth-order valence-electron chi connectivity index (χ4n) is 2.27. The quantitative estimate of drug-likeness (QED) is 0.637. The van der Waals surface area contributed by atoms with Crippen LogP contribution in [0.15, 0.2) is 47.9 Å². The van der Waals surface area contributed by atoms with Crippen LogP contribution in [0.5, 0.6) is 0 Å². The summed E-state index contributed by atoms with van der Waals surface area (Å²) >= 11 is 6.99. The van der Waals surface area contributed by atoms with Gasteiger partial charge in [-0.3, -0.25) is 9.47 Å². The highest BCUT2D eigenvalue weighted by molar-refractivity contribution is 7.99. The van der Waals surface area contributed by atoms with Crippen LogP contribution in [0.2, 0.25) is 5.02 Å². The van der Waals surface area contributed by atoms with Crippen molar-refractivity contribution in [3.05, 3.63) is 59.1 Å². The van der Waals surface area contributed by atoms with Crippen molar-refractivity contribution in [2.24, 2.45) is 0 Å². The topological polar surface area (TPSA) is 64.7 Å². The minimum Gasteiger partial charge on any atom is -0.324 e. The minimum absolute atomic E-state index is 0.0210. The Morgan fingerprint density at radius 3 is 2.63 bits per heavy atom. The van der Waals surface area contributed by atoms with Gasteiger partial charge in [-0.1, -0.05) is 23.4 Å². The number of aryl methyl sites for hydroxylation is 1. The number of hydrogen-bond donors (Lipinski definition) is 1. The Bertz CT molecular complexity index is 956. The first-order valence-corrected chi connectivity index (χ1v) is 8.97. The van der Waals surface area contributed by atoms with Crippen molar-refractivity contribution < 1.29 is 18.0 Å². The molecule has 0 bridgehead atoms. The Balaban J connectivity index is 1.70. The number of carbonyl (C=O) groups is 1. The van der Waals surface area contributed by atoms with Gasteiger partial charge in [-0.2, -0.15) is 13.2 Å². The normalized spacial score (nSPS) is 11.6. The van der Waals surface area contributed by atoms with E-state index in [1.54, 1.807) is 28.7 Å². The molecule has 0 spiro atoms. The van der Waals surface area contributed by atoms with Crippen molar-refractivity contribution in [3.63, 3.8) is 0 Å².